The highest BCUT2D eigenvalue weighted by atomic mass is 32.2. The van der Waals surface area contributed by atoms with Crippen molar-refractivity contribution in [3.8, 4) is 0 Å². The number of carbonyl (C=O) groups is 1. The number of anilines is 1. The largest absolute Gasteiger partial charge is 0.398 e. The van der Waals surface area contributed by atoms with Crippen molar-refractivity contribution in [3.05, 3.63) is 23.8 Å². The molecule has 8 heteroatoms. The lowest BCUT2D eigenvalue weighted by molar-refractivity contribution is 0.1000. The topological polar surface area (TPSA) is 136 Å². The highest BCUT2D eigenvalue weighted by Gasteiger charge is 2.27. The van der Waals surface area contributed by atoms with E-state index in [1.54, 1.807) is 0 Å². The highest BCUT2D eigenvalue weighted by Crippen LogP contribution is 2.26. The number of hydrogen-bond donors (Lipinski definition) is 4. The third kappa shape index (κ3) is 3.52. The first kappa shape index (κ1) is 15.7. The molecular weight excluding hydrogens is 294 g/mol. The fraction of sp³-hybridized carbons (Fsp3) is 0.462. The van der Waals surface area contributed by atoms with Crippen molar-refractivity contribution in [1.82, 2.24) is 4.72 Å². The predicted octanol–water partition coefficient (Wildman–Crippen LogP) is -0.193. The zero-order valence-electron chi connectivity index (χ0n) is 11.5. The molecule has 116 valence electrons. The SMILES string of the molecule is NC(=O)c1ccc(S(=O)(=O)NCC2CCCC2O)c(N)c1. The summed E-state index contributed by atoms with van der Waals surface area (Å²) in [7, 11) is -3.78. The second-order valence-electron chi connectivity index (χ2n) is 5.23. The molecule has 1 aromatic carbocycles. The van der Waals surface area contributed by atoms with Crippen LogP contribution in [0, 0.1) is 5.92 Å². The Morgan fingerprint density at radius 2 is 2.10 bits per heavy atom. The molecule has 1 amide bonds. The third-order valence-electron chi connectivity index (χ3n) is 3.74. The Morgan fingerprint density at radius 3 is 2.62 bits per heavy atom. The van der Waals surface area contributed by atoms with Gasteiger partial charge in [0, 0.05) is 12.1 Å². The predicted molar refractivity (Wildman–Crippen MR) is 77.9 cm³/mol. The van der Waals surface area contributed by atoms with E-state index in [0.29, 0.717) is 6.42 Å². The molecule has 6 N–H and O–H groups in total. The highest BCUT2D eigenvalue weighted by molar-refractivity contribution is 7.89. The van der Waals surface area contributed by atoms with Gasteiger partial charge in [-0.25, -0.2) is 13.1 Å². The van der Waals surface area contributed by atoms with Gasteiger partial charge in [0.05, 0.1) is 11.8 Å². The van der Waals surface area contributed by atoms with Gasteiger partial charge in [0.15, 0.2) is 0 Å². The Bertz CT molecular complexity index is 645. The Balaban J connectivity index is 2.14. The molecule has 0 aromatic heterocycles. The molecule has 2 rings (SSSR count). The van der Waals surface area contributed by atoms with E-state index in [0.717, 1.165) is 12.8 Å². The zero-order chi connectivity index (χ0) is 15.6. The van der Waals surface area contributed by atoms with Crippen LogP contribution in [0.2, 0.25) is 0 Å². The van der Waals surface area contributed by atoms with E-state index in [2.05, 4.69) is 4.72 Å². The molecule has 7 nitrogen and oxygen atoms in total. The van der Waals surface area contributed by atoms with E-state index in [-0.39, 0.29) is 28.6 Å². The molecule has 0 spiro atoms. The van der Waals surface area contributed by atoms with E-state index in [4.69, 9.17) is 11.5 Å². The molecule has 21 heavy (non-hydrogen) atoms. The molecule has 0 heterocycles. The number of hydrogen-bond acceptors (Lipinski definition) is 5. The third-order valence-corrected chi connectivity index (χ3v) is 5.24. The lowest BCUT2D eigenvalue weighted by Crippen LogP contribution is -2.32. The molecular formula is C13H19N3O4S. The van der Waals surface area contributed by atoms with Crippen LogP contribution in [0.1, 0.15) is 29.6 Å². The molecule has 0 radical (unpaired) electrons. The van der Waals surface area contributed by atoms with E-state index >= 15 is 0 Å². The normalized spacial score (nSPS) is 22.3. The van der Waals surface area contributed by atoms with Crippen molar-refractivity contribution >= 4 is 21.6 Å². The smallest absolute Gasteiger partial charge is 0.248 e. The number of amides is 1. The molecule has 1 aliphatic rings. The molecule has 1 saturated carbocycles. The van der Waals surface area contributed by atoms with E-state index in [1.807, 2.05) is 0 Å². The van der Waals surface area contributed by atoms with Gasteiger partial charge in [0.2, 0.25) is 15.9 Å². The first-order chi connectivity index (χ1) is 9.81. The van der Waals surface area contributed by atoms with Crippen LogP contribution >= 0.6 is 0 Å². The first-order valence-electron chi connectivity index (χ1n) is 6.68. The summed E-state index contributed by atoms with van der Waals surface area (Å²) in [4.78, 5) is 10.9. The van der Waals surface area contributed by atoms with Crippen LogP contribution in [-0.4, -0.2) is 32.1 Å². The molecule has 1 aliphatic carbocycles. The Labute approximate surface area is 123 Å². The van der Waals surface area contributed by atoms with Gasteiger partial charge < -0.3 is 16.6 Å². The number of aliphatic hydroxyl groups is 1. The second kappa shape index (κ2) is 6.00. The summed E-state index contributed by atoms with van der Waals surface area (Å²) in [6, 6.07) is 3.81. The molecule has 1 aromatic rings. The van der Waals surface area contributed by atoms with E-state index < -0.39 is 22.0 Å². The van der Waals surface area contributed by atoms with Crippen molar-refractivity contribution in [2.75, 3.05) is 12.3 Å². The number of rotatable bonds is 5. The molecule has 0 bridgehead atoms. The maximum atomic E-state index is 12.2. The maximum absolute atomic E-state index is 12.2. The first-order valence-corrected chi connectivity index (χ1v) is 8.16. The summed E-state index contributed by atoms with van der Waals surface area (Å²) >= 11 is 0. The minimum Gasteiger partial charge on any atom is -0.398 e. The summed E-state index contributed by atoms with van der Waals surface area (Å²) in [6.45, 7) is 0.167. The number of sulfonamides is 1. The Kier molecular flexibility index (Phi) is 4.50. The second-order valence-corrected chi connectivity index (χ2v) is 6.96. The van der Waals surface area contributed by atoms with Gasteiger partial charge in [0.1, 0.15) is 4.90 Å². The van der Waals surface area contributed by atoms with E-state index in [9.17, 15) is 18.3 Å². The van der Waals surface area contributed by atoms with Crippen molar-refractivity contribution in [1.29, 1.82) is 0 Å². The van der Waals surface area contributed by atoms with Gasteiger partial charge in [-0.2, -0.15) is 0 Å². The number of carbonyl (C=O) groups excluding carboxylic acids is 1. The molecule has 0 saturated heterocycles. The van der Waals surface area contributed by atoms with Gasteiger partial charge in [-0.3, -0.25) is 4.79 Å². The number of aliphatic hydroxyl groups excluding tert-OH is 1. The summed E-state index contributed by atoms with van der Waals surface area (Å²) in [5, 5.41) is 9.70. The van der Waals surface area contributed by atoms with Crippen LogP contribution in [0.15, 0.2) is 23.1 Å². The fourth-order valence-corrected chi connectivity index (χ4v) is 3.70. The molecule has 0 aliphatic heterocycles. The summed E-state index contributed by atoms with van der Waals surface area (Å²) in [5.74, 6) is -0.751. The van der Waals surface area contributed by atoms with Crippen molar-refractivity contribution in [2.24, 2.45) is 11.7 Å². The van der Waals surface area contributed by atoms with Crippen LogP contribution < -0.4 is 16.2 Å². The Morgan fingerprint density at radius 1 is 1.38 bits per heavy atom. The summed E-state index contributed by atoms with van der Waals surface area (Å²) in [5.41, 5.74) is 10.9. The molecule has 2 atom stereocenters. The minimum atomic E-state index is -3.78. The van der Waals surface area contributed by atoms with Crippen LogP contribution in [0.5, 0.6) is 0 Å². The average Bonchev–Trinajstić information content (AvgIpc) is 2.81. The lowest BCUT2D eigenvalue weighted by atomic mass is 10.1. The van der Waals surface area contributed by atoms with Gasteiger partial charge >= 0.3 is 0 Å². The quantitative estimate of drug-likeness (QED) is 0.558. The van der Waals surface area contributed by atoms with Crippen molar-refractivity contribution in [2.45, 2.75) is 30.3 Å². The number of nitrogen functional groups attached to an aromatic ring is 1. The van der Waals surface area contributed by atoms with Crippen molar-refractivity contribution in [3.63, 3.8) is 0 Å². The van der Waals surface area contributed by atoms with E-state index in [1.165, 1.54) is 18.2 Å². The summed E-state index contributed by atoms with van der Waals surface area (Å²) in [6.07, 6.45) is 1.91. The standard InChI is InChI=1S/C13H19N3O4S/c14-10-6-8(13(15)18)4-5-12(10)21(19,20)16-7-9-2-1-3-11(9)17/h4-6,9,11,16-17H,1-3,7,14H2,(H2,15,18). The fourth-order valence-electron chi connectivity index (χ4n) is 2.50. The van der Waals surface area contributed by atoms with Crippen LogP contribution in [0.25, 0.3) is 0 Å². The van der Waals surface area contributed by atoms with Crippen LogP contribution in [0.4, 0.5) is 5.69 Å². The van der Waals surface area contributed by atoms with Gasteiger partial charge in [-0.15, -0.1) is 0 Å². The lowest BCUT2D eigenvalue weighted by Gasteiger charge is -2.16. The monoisotopic (exact) mass is 313 g/mol. The molecule has 2 unspecified atom stereocenters. The summed E-state index contributed by atoms with van der Waals surface area (Å²) < 4.78 is 26.9. The zero-order valence-corrected chi connectivity index (χ0v) is 12.3. The van der Waals surface area contributed by atoms with Crippen LogP contribution in [-0.2, 0) is 10.0 Å². The number of benzene rings is 1. The minimum absolute atomic E-state index is 0.0363. The number of nitrogens with one attached hydrogen (secondary N) is 1. The van der Waals surface area contributed by atoms with Gasteiger partial charge in [-0.05, 0) is 37.0 Å². The average molecular weight is 313 g/mol. The number of primary amides is 1. The molecule has 1 fully saturated rings. The van der Waals surface area contributed by atoms with Crippen molar-refractivity contribution < 1.29 is 18.3 Å². The van der Waals surface area contributed by atoms with Gasteiger partial charge in [-0.1, -0.05) is 6.42 Å². The van der Waals surface area contributed by atoms with Crippen LogP contribution in [0.3, 0.4) is 0 Å². The van der Waals surface area contributed by atoms with Gasteiger partial charge in [0.25, 0.3) is 0 Å². The number of nitrogens with two attached hydrogens (primary N) is 2. The maximum Gasteiger partial charge on any atom is 0.248 e. The Hall–Kier alpha value is -1.64.